The Kier molecular flexibility index (Phi) is 4.55. The highest BCUT2D eigenvalue weighted by atomic mass is 32.2. The molecular formula is C16H15N3O4S3. The molecule has 0 amide bonds. The number of nitrogens with zero attached hydrogens (tertiary/aromatic N) is 1. The van der Waals surface area contributed by atoms with E-state index in [0.717, 1.165) is 17.0 Å². The Morgan fingerprint density at radius 2 is 2.08 bits per heavy atom. The number of fused-ring (bicyclic) bond motifs is 1. The van der Waals surface area contributed by atoms with Crippen LogP contribution in [0.25, 0.3) is 11.3 Å². The number of thiazole rings is 1. The summed E-state index contributed by atoms with van der Waals surface area (Å²) in [5.74, 6) is 1.45. The lowest BCUT2D eigenvalue weighted by Gasteiger charge is -2.18. The van der Waals surface area contributed by atoms with Crippen molar-refractivity contribution in [3.63, 3.8) is 0 Å². The Balaban J connectivity index is 1.42. The molecule has 0 radical (unpaired) electrons. The highest BCUT2D eigenvalue weighted by Crippen LogP contribution is 2.35. The van der Waals surface area contributed by atoms with Gasteiger partial charge in [-0.25, -0.2) is 13.4 Å². The highest BCUT2D eigenvalue weighted by molar-refractivity contribution is 7.94. The molecule has 2 aliphatic rings. The van der Waals surface area contributed by atoms with Gasteiger partial charge < -0.3 is 20.1 Å². The summed E-state index contributed by atoms with van der Waals surface area (Å²) < 4.78 is 34.0. The fraction of sp³-hybridized carbons (Fsp3) is 0.250. The first-order valence-corrected chi connectivity index (χ1v) is 10.8. The van der Waals surface area contributed by atoms with Crippen LogP contribution in [0.2, 0.25) is 0 Å². The van der Waals surface area contributed by atoms with E-state index in [1.54, 1.807) is 6.08 Å². The molecule has 0 saturated carbocycles. The molecule has 0 unspecified atom stereocenters. The number of hydrogen-bond acceptors (Lipinski definition) is 7. The van der Waals surface area contributed by atoms with Gasteiger partial charge in [-0.15, -0.1) is 11.3 Å². The van der Waals surface area contributed by atoms with Crippen LogP contribution in [0.15, 0.2) is 35.1 Å². The van der Waals surface area contributed by atoms with Crippen LogP contribution < -0.4 is 20.1 Å². The molecule has 4 rings (SSSR count). The molecule has 0 aliphatic carbocycles. The topological polar surface area (TPSA) is 89.6 Å². The Labute approximate surface area is 160 Å². The van der Waals surface area contributed by atoms with Gasteiger partial charge in [-0.2, -0.15) is 0 Å². The molecule has 1 atom stereocenters. The standard InChI is InChI=1S/C16H15N3O4S3/c20-26(21)6-3-11(9-26)17-15(24)19-16-18-12(8-25-16)10-1-2-13-14(7-10)23-5-4-22-13/h1-3,6-8,11H,4-5,9H2,(H2,17,18,19,24)/t11-/m0/s1. The number of benzene rings is 1. The molecule has 2 N–H and O–H groups in total. The minimum atomic E-state index is -3.12. The second-order valence-electron chi connectivity index (χ2n) is 5.76. The minimum absolute atomic E-state index is 0.00906. The molecule has 10 heteroatoms. The molecule has 1 aromatic heterocycles. The van der Waals surface area contributed by atoms with Crippen molar-refractivity contribution in [2.45, 2.75) is 6.04 Å². The summed E-state index contributed by atoms with van der Waals surface area (Å²) in [6.45, 7) is 1.09. The summed E-state index contributed by atoms with van der Waals surface area (Å²) in [7, 11) is -3.12. The number of nitrogens with one attached hydrogen (secondary N) is 2. The van der Waals surface area contributed by atoms with E-state index in [-0.39, 0.29) is 11.8 Å². The predicted molar refractivity (Wildman–Crippen MR) is 105 cm³/mol. The molecule has 2 aromatic rings. The first-order valence-electron chi connectivity index (χ1n) is 7.82. The molecule has 0 saturated heterocycles. The van der Waals surface area contributed by atoms with Crippen LogP contribution in [0.1, 0.15) is 0 Å². The summed E-state index contributed by atoms with van der Waals surface area (Å²) in [5, 5.41) is 10.0. The SMILES string of the molecule is O=S1(=O)C=C[C@H](NC(=S)Nc2nc(-c3ccc4c(c3)OCCO4)cs2)C1. The van der Waals surface area contributed by atoms with Gasteiger partial charge in [0.2, 0.25) is 0 Å². The van der Waals surface area contributed by atoms with Crippen LogP contribution >= 0.6 is 23.6 Å². The maximum atomic E-state index is 11.4. The third kappa shape index (κ3) is 3.81. The van der Waals surface area contributed by atoms with Gasteiger partial charge in [-0.1, -0.05) is 0 Å². The van der Waals surface area contributed by atoms with Gasteiger partial charge in [0.1, 0.15) is 13.2 Å². The average Bonchev–Trinajstić information content (AvgIpc) is 3.20. The first kappa shape index (κ1) is 17.3. The second kappa shape index (κ2) is 6.86. The molecule has 136 valence electrons. The predicted octanol–water partition coefficient (Wildman–Crippen LogP) is 2.18. The van der Waals surface area contributed by atoms with E-state index in [1.165, 1.54) is 16.7 Å². The quantitative estimate of drug-likeness (QED) is 0.746. The lowest BCUT2D eigenvalue weighted by molar-refractivity contribution is 0.171. The van der Waals surface area contributed by atoms with Crippen LogP contribution in [0.4, 0.5) is 5.13 Å². The molecule has 0 spiro atoms. The fourth-order valence-corrected chi connectivity index (χ4v) is 4.91. The molecule has 7 nitrogen and oxygen atoms in total. The Bertz CT molecular complexity index is 984. The number of hydrogen-bond donors (Lipinski definition) is 2. The van der Waals surface area contributed by atoms with Gasteiger partial charge in [0.15, 0.2) is 31.6 Å². The van der Waals surface area contributed by atoms with E-state index < -0.39 is 9.84 Å². The maximum Gasteiger partial charge on any atom is 0.189 e. The van der Waals surface area contributed by atoms with Gasteiger partial charge in [0.05, 0.1) is 17.5 Å². The Hall–Kier alpha value is -2.17. The van der Waals surface area contributed by atoms with Crippen LogP contribution in [0.5, 0.6) is 11.5 Å². The van der Waals surface area contributed by atoms with Crippen molar-refractivity contribution < 1.29 is 17.9 Å². The van der Waals surface area contributed by atoms with Crippen molar-refractivity contribution in [1.82, 2.24) is 10.3 Å². The van der Waals surface area contributed by atoms with Crippen molar-refractivity contribution in [3.8, 4) is 22.8 Å². The van der Waals surface area contributed by atoms with Gasteiger partial charge in [0.25, 0.3) is 0 Å². The summed E-state index contributed by atoms with van der Waals surface area (Å²) in [4.78, 5) is 4.52. The lowest BCUT2D eigenvalue weighted by Crippen LogP contribution is -2.38. The normalized spacial score (nSPS) is 19.9. The zero-order valence-electron chi connectivity index (χ0n) is 13.5. The zero-order valence-corrected chi connectivity index (χ0v) is 15.9. The Morgan fingerprint density at radius 1 is 1.27 bits per heavy atom. The largest absolute Gasteiger partial charge is 0.486 e. The van der Waals surface area contributed by atoms with Gasteiger partial charge >= 0.3 is 0 Å². The molecule has 3 heterocycles. The van der Waals surface area contributed by atoms with Gasteiger partial charge in [-0.05, 0) is 36.5 Å². The lowest BCUT2D eigenvalue weighted by atomic mass is 10.1. The summed E-state index contributed by atoms with van der Waals surface area (Å²) in [6.07, 6.45) is 1.59. The number of aromatic nitrogens is 1. The van der Waals surface area contributed by atoms with E-state index in [9.17, 15) is 8.42 Å². The maximum absolute atomic E-state index is 11.4. The van der Waals surface area contributed by atoms with E-state index in [2.05, 4.69) is 15.6 Å². The third-order valence-electron chi connectivity index (χ3n) is 3.81. The summed E-state index contributed by atoms with van der Waals surface area (Å²) in [5.41, 5.74) is 1.71. The van der Waals surface area contributed by atoms with Gasteiger partial charge in [-0.3, -0.25) is 0 Å². The molecule has 2 aliphatic heterocycles. The van der Waals surface area contributed by atoms with Crippen LogP contribution in [-0.2, 0) is 9.84 Å². The van der Waals surface area contributed by atoms with E-state index >= 15 is 0 Å². The molecule has 0 bridgehead atoms. The van der Waals surface area contributed by atoms with Crippen molar-refractivity contribution in [1.29, 1.82) is 0 Å². The molecule has 26 heavy (non-hydrogen) atoms. The second-order valence-corrected chi connectivity index (χ2v) is 8.96. The summed E-state index contributed by atoms with van der Waals surface area (Å²) in [6, 6.07) is 5.38. The smallest absolute Gasteiger partial charge is 0.189 e. The summed E-state index contributed by atoms with van der Waals surface area (Å²) >= 11 is 6.64. The van der Waals surface area contributed by atoms with Crippen molar-refractivity contribution >= 4 is 43.6 Å². The number of sulfone groups is 1. The van der Waals surface area contributed by atoms with Crippen molar-refractivity contribution in [2.75, 3.05) is 24.3 Å². The number of anilines is 1. The van der Waals surface area contributed by atoms with Crippen molar-refractivity contribution in [3.05, 3.63) is 35.1 Å². The minimum Gasteiger partial charge on any atom is -0.486 e. The van der Waals surface area contributed by atoms with Crippen LogP contribution in [0.3, 0.4) is 0 Å². The van der Waals surface area contributed by atoms with Crippen LogP contribution in [0, 0.1) is 0 Å². The van der Waals surface area contributed by atoms with Gasteiger partial charge in [0, 0.05) is 16.4 Å². The molecule has 1 aromatic carbocycles. The van der Waals surface area contributed by atoms with E-state index in [1.807, 2.05) is 23.6 Å². The van der Waals surface area contributed by atoms with Crippen molar-refractivity contribution in [2.24, 2.45) is 0 Å². The van der Waals surface area contributed by atoms with E-state index in [0.29, 0.717) is 29.2 Å². The number of rotatable bonds is 3. The zero-order chi connectivity index (χ0) is 18.1. The average molecular weight is 410 g/mol. The number of thiocarbonyl (C=S) groups is 1. The third-order valence-corrected chi connectivity index (χ3v) is 6.18. The van der Waals surface area contributed by atoms with Crippen LogP contribution in [-0.4, -0.2) is 43.5 Å². The number of ether oxygens (including phenoxy) is 2. The highest BCUT2D eigenvalue weighted by Gasteiger charge is 2.22. The van der Waals surface area contributed by atoms with E-state index in [4.69, 9.17) is 21.7 Å². The molecular weight excluding hydrogens is 394 g/mol. The monoisotopic (exact) mass is 409 g/mol. The molecule has 0 fully saturated rings. The Morgan fingerprint density at radius 3 is 2.85 bits per heavy atom. The first-order chi connectivity index (χ1) is 12.5. The fourth-order valence-electron chi connectivity index (χ4n) is 2.63.